The van der Waals surface area contributed by atoms with Gasteiger partial charge in [-0.3, -0.25) is 13.9 Å². The largest absolute Gasteiger partial charge is 0.350 e. The molecule has 0 unspecified atom stereocenters. The molecule has 0 heterocycles. The minimum Gasteiger partial charge on any atom is -0.350 e. The van der Waals surface area contributed by atoms with E-state index >= 15 is 0 Å². The zero-order valence-electron chi connectivity index (χ0n) is 23.9. The minimum absolute atomic E-state index is 0.0461. The molecule has 214 valence electrons. The Bertz CT molecular complexity index is 1440. The van der Waals surface area contributed by atoms with Gasteiger partial charge in [0.2, 0.25) is 11.8 Å². The van der Waals surface area contributed by atoms with Gasteiger partial charge in [0.15, 0.2) is 0 Å². The fourth-order valence-electron chi connectivity index (χ4n) is 4.35. The van der Waals surface area contributed by atoms with Crippen molar-refractivity contribution >= 4 is 39.1 Å². The zero-order chi connectivity index (χ0) is 29.7. The minimum atomic E-state index is -4.16. The van der Waals surface area contributed by atoms with Crippen LogP contribution < -0.4 is 9.62 Å². The highest BCUT2D eigenvalue weighted by Gasteiger charge is 2.35. The lowest BCUT2D eigenvalue weighted by atomic mass is 10.1. The van der Waals surface area contributed by atoms with Crippen molar-refractivity contribution in [2.75, 3.05) is 10.8 Å². The van der Waals surface area contributed by atoms with Crippen molar-refractivity contribution in [2.45, 2.75) is 71.0 Å². The van der Waals surface area contributed by atoms with Crippen molar-refractivity contribution in [1.29, 1.82) is 0 Å². The van der Waals surface area contributed by atoms with Crippen LogP contribution in [0.15, 0.2) is 77.7 Å². The number of carbonyl (C=O) groups is 2. The summed E-state index contributed by atoms with van der Waals surface area (Å²) in [6, 6.07) is 19.8. The Kier molecular flexibility index (Phi) is 10.0. The molecule has 0 aromatic heterocycles. The SMILES string of the molecule is CC[C@H](C(=O)NC(C)(C)C)N(Cc1ccc(C)cc1)C(=O)CN(c1cc(Cl)ccc1C)S(=O)(=O)c1ccccc1. The first-order valence-corrected chi connectivity index (χ1v) is 15.1. The van der Waals surface area contributed by atoms with Crippen LogP contribution in [0.4, 0.5) is 5.69 Å². The molecule has 1 atom stereocenters. The summed E-state index contributed by atoms with van der Waals surface area (Å²) in [5.74, 6) is -0.803. The number of amides is 2. The second-order valence-corrected chi connectivity index (χ2v) is 13.2. The summed E-state index contributed by atoms with van der Waals surface area (Å²) >= 11 is 6.28. The third kappa shape index (κ3) is 7.86. The van der Waals surface area contributed by atoms with Gasteiger partial charge in [-0.05, 0) is 76.4 Å². The van der Waals surface area contributed by atoms with Crippen LogP contribution in [0.2, 0.25) is 5.02 Å². The highest BCUT2D eigenvalue weighted by molar-refractivity contribution is 7.92. The van der Waals surface area contributed by atoms with Crippen molar-refractivity contribution in [2.24, 2.45) is 0 Å². The van der Waals surface area contributed by atoms with Crippen molar-refractivity contribution < 1.29 is 18.0 Å². The van der Waals surface area contributed by atoms with E-state index in [1.807, 2.05) is 58.9 Å². The van der Waals surface area contributed by atoms with E-state index in [0.717, 1.165) is 15.4 Å². The van der Waals surface area contributed by atoms with Crippen molar-refractivity contribution in [3.63, 3.8) is 0 Å². The standard InChI is InChI=1S/C31H38ClN3O4S/c1-7-27(30(37)33-31(4,5)6)34(20-24-16-13-22(2)14-17-24)29(36)21-35(28-19-25(32)18-15-23(28)3)40(38,39)26-11-9-8-10-12-26/h8-19,27H,7,20-21H2,1-6H3,(H,33,37)/t27-/m1/s1. The Labute approximate surface area is 243 Å². The monoisotopic (exact) mass is 583 g/mol. The van der Waals surface area contributed by atoms with Crippen LogP contribution in [-0.4, -0.2) is 43.3 Å². The van der Waals surface area contributed by atoms with Crippen molar-refractivity contribution in [3.05, 3.63) is 94.5 Å². The number of nitrogens with one attached hydrogen (secondary N) is 1. The topological polar surface area (TPSA) is 86.8 Å². The molecule has 3 rings (SSSR count). The van der Waals surface area contributed by atoms with Gasteiger partial charge >= 0.3 is 0 Å². The molecule has 0 saturated carbocycles. The predicted octanol–water partition coefficient (Wildman–Crippen LogP) is 5.87. The van der Waals surface area contributed by atoms with Gasteiger partial charge in [-0.25, -0.2) is 8.42 Å². The van der Waals surface area contributed by atoms with Crippen LogP contribution in [-0.2, 0) is 26.2 Å². The maximum Gasteiger partial charge on any atom is 0.264 e. The molecular formula is C31H38ClN3O4S. The van der Waals surface area contributed by atoms with E-state index in [0.29, 0.717) is 22.7 Å². The number of sulfonamides is 1. The average Bonchev–Trinajstić information content (AvgIpc) is 2.89. The fraction of sp³-hybridized carbons (Fsp3) is 0.355. The van der Waals surface area contributed by atoms with Crippen LogP contribution in [0, 0.1) is 13.8 Å². The van der Waals surface area contributed by atoms with Gasteiger partial charge in [-0.2, -0.15) is 0 Å². The first-order chi connectivity index (χ1) is 18.7. The third-order valence-electron chi connectivity index (χ3n) is 6.41. The quantitative estimate of drug-likeness (QED) is 0.323. The van der Waals surface area contributed by atoms with Gasteiger partial charge in [0.1, 0.15) is 12.6 Å². The Hall–Kier alpha value is -3.36. The van der Waals surface area contributed by atoms with Gasteiger partial charge in [0.25, 0.3) is 10.0 Å². The van der Waals surface area contributed by atoms with Crippen molar-refractivity contribution in [1.82, 2.24) is 10.2 Å². The molecule has 7 nitrogen and oxygen atoms in total. The van der Waals surface area contributed by atoms with Gasteiger partial charge < -0.3 is 10.2 Å². The summed E-state index contributed by atoms with van der Waals surface area (Å²) in [7, 11) is -4.16. The Morgan fingerprint density at radius 3 is 2.15 bits per heavy atom. The first-order valence-electron chi connectivity index (χ1n) is 13.2. The molecule has 0 bridgehead atoms. The number of hydrogen-bond donors (Lipinski definition) is 1. The molecule has 3 aromatic rings. The molecule has 0 aliphatic carbocycles. The average molecular weight is 584 g/mol. The van der Waals surface area contributed by atoms with Crippen LogP contribution in [0.25, 0.3) is 0 Å². The summed E-state index contributed by atoms with van der Waals surface area (Å²) in [6.07, 6.45) is 0.348. The van der Waals surface area contributed by atoms with Gasteiger partial charge in [-0.15, -0.1) is 0 Å². The summed E-state index contributed by atoms with van der Waals surface area (Å²) in [5.41, 5.74) is 2.32. The van der Waals surface area contributed by atoms with Crippen LogP contribution in [0.3, 0.4) is 0 Å². The molecule has 0 radical (unpaired) electrons. The molecule has 2 amide bonds. The molecule has 0 aliphatic rings. The Morgan fingerprint density at radius 2 is 1.57 bits per heavy atom. The lowest BCUT2D eigenvalue weighted by molar-refractivity contribution is -0.141. The number of carbonyl (C=O) groups excluding carboxylic acids is 2. The Morgan fingerprint density at radius 1 is 0.950 bits per heavy atom. The van der Waals surface area contributed by atoms with Gasteiger partial charge in [-0.1, -0.05) is 72.6 Å². The fourth-order valence-corrected chi connectivity index (χ4v) is 6.00. The maximum absolute atomic E-state index is 14.1. The second kappa shape index (κ2) is 12.9. The van der Waals surface area contributed by atoms with E-state index in [2.05, 4.69) is 5.32 Å². The van der Waals surface area contributed by atoms with E-state index in [9.17, 15) is 18.0 Å². The molecule has 0 aliphatic heterocycles. The molecule has 3 aromatic carbocycles. The second-order valence-electron chi connectivity index (χ2n) is 10.9. The van der Waals surface area contributed by atoms with Crippen molar-refractivity contribution in [3.8, 4) is 0 Å². The van der Waals surface area contributed by atoms with Gasteiger partial charge in [0.05, 0.1) is 10.6 Å². The lowest BCUT2D eigenvalue weighted by Crippen LogP contribution is -2.55. The first kappa shape index (κ1) is 31.2. The molecular weight excluding hydrogens is 546 g/mol. The summed E-state index contributed by atoms with van der Waals surface area (Å²) in [5, 5.41) is 3.32. The number of hydrogen-bond acceptors (Lipinski definition) is 4. The maximum atomic E-state index is 14.1. The third-order valence-corrected chi connectivity index (χ3v) is 8.42. The molecule has 0 fully saturated rings. The smallest absolute Gasteiger partial charge is 0.264 e. The number of halogens is 1. The van der Waals surface area contributed by atoms with Crippen LogP contribution >= 0.6 is 11.6 Å². The van der Waals surface area contributed by atoms with Crippen LogP contribution in [0.5, 0.6) is 0 Å². The number of benzene rings is 3. The highest BCUT2D eigenvalue weighted by Crippen LogP contribution is 2.30. The lowest BCUT2D eigenvalue weighted by Gasteiger charge is -2.35. The van der Waals surface area contributed by atoms with E-state index in [4.69, 9.17) is 11.6 Å². The zero-order valence-corrected chi connectivity index (χ0v) is 25.5. The highest BCUT2D eigenvalue weighted by atomic mass is 35.5. The normalized spacial score (nSPS) is 12.5. The molecule has 40 heavy (non-hydrogen) atoms. The van der Waals surface area contributed by atoms with E-state index in [-0.39, 0.29) is 17.3 Å². The summed E-state index contributed by atoms with van der Waals surface area (Å²) < 4.78 is 29.0. The van der Waals surface area contributed by atoms with Crippen LogP contribution in [0.1, 0.15) is 50.8 Å². The number of rotatable bonds is 10. The Balaban J connectivity index is 2.10. The van der Waals surface area contributed by atoms with Gasteiger partial charge in [0, 0.05) is 17.1 Å². The number of nitrogens with zero attached hydrogens (tertiary/aromatic N) is 2. The van der Waals surface area contributed by atoms with E-state index in [1.54, 1.807) is 43.3 Å². The molecule has 0 saturated heterocycles. The summed E-state index contributed by atoms with van der Waals surface area (Å²) in [6.45, 7) is 10.8. The van der Waals surface area contributed by atoms with E-state index < -0.39 is 34.1 Å². The molecule has 1 N–H and O–H groups in total. The molecule has 0 spiro atoms. The molecule has 9 heteroatoms. The summed E-state index contributed by atoms with van der Waals surface area (Å²) in [4.78, 5) is 29.1. The predicted molar refractivity (Wildman–Crippen MR) is 161 cm³/mol. The van der Waals surface area contributed by atoms with E-state index in [1.165, 1.54) is 17.0 Å². The number of aryl methyl sites for hydroxylation is 2. The number of anilines is 1.